The van der Waals surface area contributed by atoms with Crippen molar-refractivity contribution < 1.29 is 9.84 Å². The molecule has 1 aliphatic heterocycles. The molecule has 6 heteroatoms. The van der Waals surface area contributed by atoms with Crippen LogP contribution < -0.4 is 10.6 Å². The molecule has 0 spiro atoms. The predicted molar refractivity (Wildman–Crippen MR) is 103 cm³/mol. The number of piperidine rings is 1. The molecule has 0 amide bonds. The number of hydrogen-bond acceptors (Lipinski definition) is 4. The summed E-state index contributed by atoms with van der Waals surface area (Å²) < 4.78 is 5.17. The third kappa shape index (κ3) is 6.42. The molecule has 1 saturated carbocycles. The zero-order valence-corrected chi connectivity index (χ0v) is 16.4. The third-order valence-corrected chi connectivity index (χ3v) is 5.76. The molecule has 0 radical (unpaired) electrons. The lowest BCUT2D eigenvalue weighted by Gasteiger charge is -2.37. The number of aliphatic imine (C=N–C) groups is 1. The number of aliphatic hydroxyl groups excluding tert-OH is 1. The number of nitrogens with zero attached hydrogens (tertiary/aromatic N) is 2. The highest BCUT2D eigenvalue weighted by Crippen LogP contribution is 2.36. The first-order chi connectivity index (χ1) is 12.1. The van der Waals surface area contributed by atoms with Gasteiger partial charge in [0.2, 0.25) is 0 Å². The van der Waals surface area contributed by atoms with Crippen molar-refractivity contribution >= 4 is 5.96 Å². The molecule has 0 aromatic heterocycles. The summed E-state index contributed by atoms with van der Waals surface area (Å²) in [5.74, 6) is 0.900. The van der Waals surface area contributed by atoms with E-state index in [1.54, 1.807) is 7.11 Å². The maximum Gasteiger partial charge on any atom is 0.191 e. The Morgan fingerprint density at radius 2 is 2.04 bits per heavy atom. The quantitative estimate of drug-likeness (QED) is 0.478. The van der Waals surface area contributed by atoms with Gasteiger partial charge in [-0.25, -0.2) is 0 Å². The third-order valence-electron chi connectivity index (χ3n) is 5.76. The van der Waals surface area contributed by atoms with Gasteiger partial charge in [0.25, 0.3) is 0 Å². The Balaban J connectivity index is 1.84. The zero-order chi connectivity index (χ0) is 18.1. The SMILES string of the molecule is CCNC(=NCC1(C)CCCCC1O)NC1CCN(CCOC)CC1. The molecule has 6 nitrogen and oxygen atoms in total. The second-order valence-corrected chi connectivity index (χ2v) is 7.86. The van der Waals surface area contributed by atoms with Crippen molar-refractivity contribution in [1.82, 2.24) is 15.5 Å². The molecule has 0 aromatic carbocycles. The average molecular weight is 355 g/mol. The van der Waals surface area contributed by atoms with Crippen LogP contribution in [0.5, 0.6) is 0 Å². The van der Waals surface area contributed by atoms with Gasteiger partial charge in [-0.3, -0.25) is 4.99 Å². The van der Waals surface area contributed by atoms with Gasteiger partial charge < -0.3 is 25.4 Å². The lowest BCUT2D eigenvalue weighted by molar-refractivity contribution is 0.00714. The maximum atomic E-state index is 10.4. The number of hydrogen-bond donors (Lipinski definition) is 3. The Labute approximate surface area is 153 Å². The van der Waals surface area contributed by atoms with Crippen LogP contribution >= 0.6 is 0 Å². The van der Waals surface area contributed by atoms with Crippen molar-refractivity contribution in [1.29, 1.82) is 0 Å². The zero-order valence-electron chi connectivity index (χ0n) is 16.4. The highest BCUT2D eigenvalue weighted by molar-refractivity contribution is 5.80. The van der Waals surface area contributed by atoms with E-state index in [4.69, 9.17) is 9.73 Å². The molecule has 0 bridgehead atoms. The fraction of sp³-hybridized carbons (Fsp3) is 0.947. The molecule has 25 heavy (non-hydrogen) atoms. The summed E-state index contributed by atoms with van der Waals surface area (Å²) in [4.78, 5) is 7.29. The van der Waals surface area contributed by atoms with Crippen LogP contribution in [0.15, 0.2) is 4.99 Å². The van der Waals surface area contributed by atoms with Gasteiger partial charge in [-0.2, -0.15) is 0 Å². The van der Waals surface area contributed by atoms with Crippen LogP contribution in [0, 0.1) is 5.41 Å². The Morgan fingerprint density at radius 1 is 1.28 bits per heavy atom. The number of rotatable bonds is 7. The van der Waals surface area contributed by atoms with E-state index in [9.17, 15) is 5.11 Å². The lowest BCUT2D eigenvalue weighted by Crippen LogP contribution is -2.49. The summed E-state index contributed by atoms with van der Waals surface area (Å²) in [7, 11) is 1.76. The highest BCUT2D eigenvalue weighted by atomic mass is 16.5. The van der Waals surface area contributed by atoms with E-state index in [0.29, 0.717) is 12.6 Å². The summed E-state index contributed by atoms with van der Waals surface area (Å²) in [6, 6.07) is 0.473. The van der Waals surface area contributed by atoms with Crippen LogP contribution in [0.1, 0.15) is 52.4 Å². The number of likely N-dealkylation sites (tertiary alicyclic amines) is 1. The largest absolute Gasteiger partial charge is 0.392 e. The van der Waals surface area contributed by atoms with Gasteiger partial charge in [0.15, 0.2) is 5.96 Å². The summed E-state index contributed by atoms with van der Waals surface area (Å²) in [5.41, 5.74) is -0.0792. The van der Waals surface area contributed by atoms with Crippen molar-refractivity contribution in [2.75, 3.05) is 46.4 Å². The van der Waals surface area contributed by atoms with E-state index in [1.807, 2.05) is 0 Å². The standard InChI is InChI=1S/C19H38N4O2/c1-4-20-18(21-15-19(2)10-6-5-7-17(19)24)22-16-8-11-23(12-9-16)13-14-25-3/h16-17,24H,4-15H2,1-3H3,(H2,20,21,22). The van der Waals surface area contributed by atoms with E-state index >= 15 is 0 Å². The number of methoxy groups -OCH3 is 1. The Morgan fingerprint density at radius 3 is 2.68 bits per heavy atom. The maximum absolute atomic E-state index is 10.4. The minimum Gasteiger partial charge on any atom is -0.392 e. The minimum atomic E-state index is -0.225. The fourth-order valence-electron chi connectivity index (χ4n) is 3.86. The van der Waals surface area contributed by atoms with Crippen molar-refractivity contribution in [3.05, 3.63) is 0 Å². The van der Waals surface area contributed by atoms with E-state index in [1.165, 1.54) is 6.42 Å². The first-order valence-electron chi connectivity index (χ1n) is 10.0. The highest BCUT2D eigenvalue weighted by Gasteiger charge is 2.35. The normalized spacial score (nSPS) is 29.6. The second kappa shape index (κ2) is 10.3. The van der Waals surface area contributed by atoms with Crippen molar-refractivity contribution in [2.45, 2.75) is 64.5 Å². The van der Waals surface area contributed by atoms with Crippen molar-refractivity contribution in [3.63, 3.8) is 0 Å². The Bertz CT molecular complexity index is 410. The van der Waals surface area contributed by atoms with Crippen LogP contribution in [0.3, 0.4) is 0 Å². The van der Waals surface area contributed by atoms with Crippen LogP contribution in [0.25, 0.3) is 0 Å². The van der Waals surface area contributed by atoms with E-state index in [-0.39, 0.29) is 11.5 Å². The summed E-state index contributed by atoms with van der Waals surface area (Å²) in [6.07, 6.45) is 6.36. The lowest BCUT2D eigenvalue weighted by atomic mass is 9.73. The molecule has 2 aliphatic rings. The fourth-order valence-corrected chi connectivity index (χ4v) is 3.86. The molecule has 1 aliphatic carbocycles. The first kappa shape index (κ1) is 20.5. The van der Waals surface area contributed by atoms with E-state index < -0.39 is 0 Å². The predicted octanol–water partition coefficient (Wildman–Crippen LogP) is 1.59. The average Bonchev–Trinajstić information content (AvgIpc) is 2.62. The van der Waals surface area contributed by atoms with E-state index in [0.717, 1.165) is 70.8 Å². The first-order valence-corrected chi connectivity index (χ1v) is 10.0. The van der Waals surface area contributed by atoms with Gasteiger partial charge in [0, 0.05) is 44.7 Å². The Hall–Kier alpha value is -0.850. The molecule has 1 saturated heterocycles. The summed E-state index contributed by atoms with van der Waals surface area (Å²) >= 11 is 0. The van der Waals surface area contributed by atoms with Crippen LogP contribution in [0.2, 0.25) is 0 Å². The molecular weight excluding hydrogens is 316 g/mol. The number of aliphatic hydroxyl groups is 1. The van der Waals surface area contributed by atoms with Crippen LogP contribution in [0.4, 0.5) is 0 Å². The van der Waals surface area contributed by atoms with E-state index in [2.05, 4.69) is 29.4 Å². The number of ether oxygens (including phenoxy) is 1. The number of guanidine groups is 1. The van der Waals surface area contributed by atoms with Crippen molar-refractivity contribution in [2.24, 2.45) is 10.4 Å². The second-order valence-electron chi connectivity index (χ2n) is 7.86. The summed E-state index contributed by atoms with van der Waals surface area (Å²) in [5, 5.41) is 17.3. The minimum absolute atomic E-state index is 0.0792. The number of nitrogens with one attached hydrogen (secondary N) is 2. The molecule has 2 fully saturated rings. The van der Waals surface area contributed by atoms with Gasteiger partial charge in [0.05, 0.1) is 19.3 Å². The molecule has 146 valence electrons. The molecule has 2 rings (SSSR count). The molecule has 2 atom stereocenters. The van der Waals surface area contributed by atoms with Gasteiger partial charge in [-0.1, -0.05) is 19.8 Å². The molecule has 3 N–H and O–H groups in total. The van der Waals surface area contributed by atoms with Crippen LogP contribution in [-0.2, 0) is 4.74 Å². The smallest absolute Gasteiger partial charge is 0.191 e. The summed E-state index contributed by atoms with van der Waals surface area (Å²) in [6.45, 7) is 9.87. The monoisotopic (exact) mass is 354 g/mol. The Kier molecular flexibility index (Phi) is 8.46. The van der Waals surface area contributed by atoms with Gasteiger partial charge >= 0.3 is 0 Å². The van der Waals surface area contributed by atoms with Crippen molar-refractivity contribution in [3.8, 4) is 0 Å². The van der Waals surface area contributed by atoms with Gasteiger partial charge in [-0.05, 0) is 32.6 Å². The molecule has 1 heterocycles. The molecule has 0 aromatic rings. The van der Waals surface area contributed by atoms with Gasteiger partial charge in [0.1, 0.15) is 0 Å². The topological polar surface area (TPSA) is 69.1 Å². The molecular formula is C19H38N4O2. The molecule has 2 unspecified atom stereocenters. The van der Waals surface area contributed by atoms with Gasteiger partial charge in [-0.15, -0.1) is 0 Å². The van der Waals surface area contributed by atoms with Crippen LogP contribution in [-0.4, -0.2) is 74.6 Å².